The molecule has 1 amide bonds. The lowest BCUT2D eigenvalue weighted by molar-refractivity contribution is 0.0820. The Kier molecular flexibility index (Phi) is 2.25. The Labute approximate surface area is 111 Å². The summed E-state index contributed by atoms with van der Waals surface area (Å²) in [5.74, 6) is 0.148. The van der Waals surface area contributed by atoms with Crippen LogP contribution in [0.4, 0.5) is 0 Å². The number of nitrogens with zero attached hydrogens (tertiary/aromatic N) is 1. The fraction of sp³-hybridized carbons (Fsp3) is 0.222. The molecule has 0 saturated carbocycles. The smallest absolute Gasteiger partial charge is 0.264 e. The van der Waals surface area contributed by atoms with Crippen molar-refractivity contribution in [3.05, 3.63) is 18.0 Å². The fourth-order valence-corrected chi connectivity index (χ4v) is 6.56. The molecule has 3 rings (SSSR count). The SMILES string of the molecule is CN1Cc2c(sc3c(Br)sc(Br)c23)C1=O. The maximum absolute atomic E-state index is 11.8. The van der Waals surface area contributed by atoms with Gasteiger partial charge in [-0.1, -0.05) is 0 Å². The predicted molar refractivity (Wildman–Crippen MR) is 70.9 cm³/mol. The molecule has 0 aromatic carbocycles. The lowest BCUT2D eigenvalue weighted by Crippen LogP contribution is -2.17. The summed E-state index contributed by atoms with van der Waals surface area (Å²) in [6.07, 6.45) is 0. The van der Waals surface area contributed by atoms with Crippen LogP contribution in [0.5, 0.6) is 0 Å². The van der Waals surface area contributed by atoms with Gasteiger partial charge in [-0.2, -0.15) is 0 Å². The zero-order valence-corrected chi connectivity index (χ0v) is 12.4. The molecule has 0 bridgehead atoms. The third-order valence-electron chi connectivity index (χ3n) is 2.50. The Hall–Kier alpha value is 0.0900. The normalized spacial score (nSPS) is 15.4. The van der Waals surface area contributed by atoms with E-state index in [-0.39, 0.29) is 5.91 Å². The second-order valence-corrected chi connectivity index (χ2v) is 8.10. The molecule has 0 spiro atoms. The predicted octanol–water partition coefficient (Wildman–Crippen LogP) is 4.07. The molecule has 0 unspecified atom stereocenters. The van der Waals surface area contributed by atoms with Crippen LogP contribution in [0.15, 0.2) is 7.57 Å². The van der Waals surface area contributed by atoms with Crippen molar-refractivity contribution < 1.29 is 4.79 Å². The summed E-state index contributed by atoms with van der Waals surface area (Å²) in [4.78, 5) is 14.5. The third-order valence-corrected chi connectivity index (χ3v) is 6.66. The summed E-state index contributed by atoms with van der Waals surface area (Å²) in [5, 5.41) is 1.21. The Morgan fingerprint density at radius 3 is 2.73 bits per heavy atom. The van der Waals surface area contributed by atoms with Gasteiger partial charge >= 0.3 is 0 Å². The van der Waals surface area contributed by atoms with Crippen LogP contribution in [0.1, 0.15) is 15.2 Å². The van der Waals surface area contributed by atoms with E-state index in [1.165, 1.54) is 15.6 Å². The van der Waals surface area contributed by atoms with Gasteiger partial charge in [0.2, 0.25) is 0 Å². The Bertz CT molecular complexity index is 586. The van der Waals surface area contributed by atoms with Crippen LogP contribution >= 0.6 is 54.5 Å². The number of fused-ring (bicyclic) bond motifs is 3. The second-order valence-electron chi connectivity index (χ2n) is 3.42. The van der Waals surface area contributed by atoms with E-state index in [1.54, 1.807) is 27.6 Å². The van der Waals surface area contributed by atoms with Crippen molar-refractivity contribution in [3.63, 3.8) is 0 Å². The highest BCUT2D eigenvalue weighted by Crippen LogP contribution is 2.48. The van der Waals surface area contributed by atoms with Crippen molar-refractivity contribution in [3.8, 4) is 0 Å². The average molecular weight is 367 g/mol. The molecule has 6 heteroatoms. The minimum atomic E-state index is 0.148. The summed E-state index contributed by atoms with van der Waals surface area (Å²) in [5.41, 5.74) is 1.18. The number of rotatable bonds is 0. The molecule has 78 valence electrons. The monoisotopic (exact) mass is 365 g/mol. The van der Waals surface area contributed by atoms with Gasteiger partial charge in [0.15, 0.2) is 0 Å². The first-order valence-electron chi connectivity index (χ1n) is 4.24. The van der Waals surface area contributed by atoms with E-state index in [2.05, 4.69) is 31.9 Å². The first kappa shape index (κ1) is 10.3. The van der Waals surface area contributed by atoms with E-state index < -0.39 is 0 Å². The molecule has 1 aliphatic heterocycles. The van der Waals surface area contributed by atoms with Crippen LogP contribution in [0.25, 0.3) is 10.1 Å². The number of amides is 1. The van der Waals surface area contributed by atoms with E-state index in [1.807, 2.05) is 7.05 Å². The lowest BCUT2D eigenvalue weighted by atomic mass is 10.2. The highest BCUT2D eigenvalue weighted by molar-refractivity contribution is 9.12. The molecule has 0 saturated heterocycles. The zero-order valence-electron chi connectivity index (χ0n) is 7.63. The summed E-state index contributed by atoms with van der Waals surface area (Å²) in [6.45, 7) is 0.732. The number of carbonyl (C=O) groups excluding carboxylic acids is 1. The summed E-state index contributed by atoms with van der Waals surface area (Å²) < 4.78 is 3.42. The molecule has 0 fully saturated rings. The van der Waals surface area contributed by atoms with Crippen molar-refractivity contribution in [1.82, 2.24) is 4.90 Å². The Balaban J connectivity index is 2.40. The maximum atomic E-state index is 11.8. The van der Waals surface area contributed by atoms with Crippen molar-refractivity contribution >= 4 is 70.5 Å². The molecule has 2 nitrogen and oxygen atoms in total. The Morgan fingerprint density at radius 1 is 1.27 bits per heavy atom. The molecule has 0 radical (unpaired) electrons. The summed E-state index contributed by atoms with van der Waals surface area (Å²) in [6, 6.07) is 0. The van der Waals surface area contributed by atoms with Crippen LogP contribution in [0.2, 0.25) is 0 Å². The number of halogens is 2. The Morgan fingerprint density at radius 2 is 2.00 bits per heavy atom. The highest BCUT2D eigenvalue weighted by atomic mass is 79.9. The van der Waals surface area contributed by atoms with Gasteiger partial charge in [0, 0.05) is 24.5 Å². The van der Waals surface area contributed by atoms with Gasteiger partial charge in [0.1, 0.15) is 0 Å². The number of hydrogen-bond donors (Lipinski definition) is 0. The topological polar surface area (TPSA) is 20.3 Å². The molecule has 3 heterocycles. The average Bonchev–Trinajstić information content (AvgIpc) is 2.74. The first-order chi connectivity index (χ1) is 7.09. The number of carbonyl (C=O) groups is 1. The molecule has 2 aromatic rings. The van der Waals surface area contributed by atoms with Gasteiger partial charge < -0.3 is 4.90 Å². The molecule has 0 aliphatic carbocycles. The van der Waals surface area contributed by atoms with Crippen LogP contribution in [-0.4, -0.2) is 17.9 Å². The quantitative estimate of drug-likeness (QED) is 0.688. The molecule has 0 N–H and O–H groups in total. The van der Waals surface area contributed by atoms with Gasteiger partial charge in [-0.3, -0.25) is 4.79 Å². The minimum Gasteiger partial charge on any atom is -0.337 e. The van der Waals surface area contributed by atoms with Gasteiger partial charge in [0.05, 0.1) is 17.1 Å². The van der Waals surface area contributed by atoms with E-state index in [9.17, 15) is 4.79 Å². The van der Waals surface area contributed by atoms with E-state index >= 15 is 0 Å². The molecule has 1 aliphatic rings. The molecule has 15 heavy (non-hydrogen) atoms. The van der Waals surface area contributed by atoms with E-state index in [0.717, 1.165) is 19.0 Å². The van der Waals surface area contributed by atoms with Gasteiger partial charge in [-0.25, -0.2) is 0 Å². The molecular weight excluding hydrogens is 362 g/mol. The third kappa shape index (κ3) is 1.28. The van der Waals surface area contributed by atoms with Crippen LogP contribution in [0, 0.1) is 0 Å². The van der Waals surface area contributed by atoms with Crippen LogP contribution in [0.3, 0.4) is 0 Å². The maximum Gasteiger partial charge on any atom is 0.264 e. The standard InChI is InChI=1S/C9H5Br2NOS2/c1-12-2-3-4-6(8(11)15-7(4)10)14-5(3)9(12)13/h2H2,1H3. The molecule has 0 atom stereocenters. The second kappa shape index (κ2) is 3.29. The van der Waals surface area contributed by atoms with Gasteiger partial charge in [-0.05, 0) is 31.9 Å². The van der Waals surface area contributed by atoms with Crippen molar-refractivity contribution in [1.29, 1.82) is 0 Å². The lowest BCUT2D eigenvalue weighted by Gasteiger charge is -2.05. The van der Waals surface area contributed by atoms with Crippen molar-refractivity contribution in [2.45, 2.75) is 6.54 Å². The largest absolute Gasteiger partial charge is 0.337 e. The van der Waals surface area contributed by atoms with Crippen molar-refractivity contribution in [2.24, 2.45) is 0 Å². The minimum absolute atomic E-state index is 0.148. The fourth-order valence-electron chi connectivity index (χ4n) is 1.79. The van der Waals surface area contributed by atoms with Gasteiger partial charge in [0.25, 0.3) is 5.91 Å². The van der Waals surface area contributed by atoms with E-state index in [4.69, 9.17) is 0 Å². The number of hydrogen-bond acceptors (Lipinski definition) is 3. The summed E-state index contributed by atoms with van der Waals surface area (Å²) in [7, 11) is 1.84. The van der Waals surface area contributed by atoms with Gasteiger partial charge in [-0.15, -0.1) is 22.7 Å². The van der Waals surface area contributed by atoms with Crippen LogP contribution in [-0.2, 0) is 6.54 Å². The number of thiophene rings is 2. The molecular formula is C9H5Br2NOS2. The molecule has 2 aromatic heterocycles. The summed E-state index contributed by atoms with van der Waals surface area (Å²) >= 11 is 10.3. The van der Waals surface area contributed by atoms with E-state index in [0.29, 0.717) is 0 Å². The van der Waals surface area contributed by atoms with Crippen LogP contribution < -0.4 is 0 Å². The first-order valence-corrected chi connectivity index (χ1v) is 7.46. The van der Waals surface area contributed by atoms with Crippen molar-refractivity contribution in [2.75, 3.05) is 7.05 Å². The zero-order chi connectivity index (χ0) is 10.7. The highest BCUT2D eigenvalue weighted by Gasteiger charge is 2.31.